The van der Waals surface area contributed by atoms with Crippen molar-refractivity contribution in [2.75, 3.05) is 7.11 Å². The van der Waals surface area contributed by atoms with Crippen LogP contribution in [0.25, 0.3) is 22.3 Å². The molecule has 1 aliphatic rings. The molecule has 24 heavy (non-hydrogen) atoms. The molecule has 0 aliphatic heterocycles. The quantitative estimate of drug-likeness (QED) is 0.670. The average Bonchev–Trinajstić information content (AvgIpc) is 2.99. The Labute approximate surface area is 139 Å². The molecule has 0 spiro atoms. The molecule has 0 amide bonds. The summed E-state index contributed by atoms with van der Waals surface area (Å²) in [7, 11) is 1.61. The number of ether oxygens (including phenoxy) is 1. The average molecular weight is 325 g/mol. The SMILES string of the molecule is COc1cc(-c2cc(C3CCC3)no2)cc2oc(=O)c(C)c(C)c12. The first-order valence-corrected chi connectivity index (χ1v) is 8.17. The lowest BCUT2D eigenvalue weighted by atomic mass is 9.83. The molecular weight excluding hydrogens is 306 g/mol. The van der Waals surface area contributed by atoms with Gasteiger partial charge >= 0.3 is 5.63 Å². The van der Waals surface area contributed by atoms with Gasteiger partial charge in [-0.3, -0.25) is 0 Å². The molecule has 0 unspecified atom stereocenters. The number of fused-ring (bicyclic) bond motifs is 1. The highest BCUT2D eigenvalue weighted by atomic mass is 16.5. The van der Waals surface area contributed by atoms with Crippen LogP contribution in [0.15, 0.2) is 31.9 Å². The Morgan fingerprint density at radius 1 is 1.17 bits per heavy atom. The van der Waals surface area contributed by atoms with Gasteiger partial charge in [-0.2, -0.15) is 0 Å². The third kappa shape index (κ3) is 2.23. The molecule has 2 heterocycles. The van der Waals surface area contributed by atoms with Gasteiger partial charge in [-0.15, -0.1) is 0 Å². The molecule has 124 valence electrons. The van der Waals surface area contributed by atoms with E-state index in [1.54, 1.807) is 14.0 Å². The number of methoxy groups -OCH3 is 1. The Hall–Kier alpha value is -2.56. The largest absolute Gasteiger partial charge is 0.496 e. The van der Waals surface area contributed by atoms with Crippen LogP contribution >= 0.6 is 0 Å². The van der Waals surface area contributed by atoms with E-state index >= 15 is 0 Å². The number of hydrogen-bond acceptors (Lipinski definition) is 5. The minimum Gasteiger partial charge on any atom is -0.496 e. The summed E-state index contributed by atoms with van der Waals surface area (Å²) in [5, 5.41) is 5.01. The van der Waals surface area contributed by atoms with Crippen LogP contribution in [-0.4, -0.2) is 12.3 Å². The van der Waals surface area contributed by atoms with Crippen LogP contribution in [0.4, 0.5) is 0 Å². The van der Waals surface area contributed by atoms with E-state index in [2.05, 4.69) is 5.16 Å². The fraction of sp³-hybridized carbons (Fsp3) is 0.368. The van der Waals surface area contributed by atoms with Gasteiger partial charge in [0.1, 0.15) is 11.3 Å². The third-order valence-electron chi connectivity index (χ3n) is 5.07. The number of nitrogens with zero attached hydrogens (tertiary/aromatic N) is 1. The summed E-state index contributed by atoms with van der Waals surface area (Å²) in [5.41, 5.74) is 3.43. The van der Waals surface area contributed by atoms with Crippen LogP contribution < -0.4 is 10.4 Å². The van der Waals surface area contributed by atoms with E-state index in [0.29, 0.717) is 28.6 Å². The summed E-state index contributed by atoms with van der Waals surface area (Å²) in [6.07, 6.45) is 3.58. The van der Waals surface area contributed by atoms with Crippen molar-refractivity contribution < 1.29 is 13.7 Å². The van der Waals surface area contributed by atoms with Gasteiger partial charge in [-0.05, 0) is 44.4 Å². The predicted octanol–water partition coefficient (Wildman–Crippen LogP) is 4.34. The van der Waals surface area contributed by atoms with Gasteiger partial charge < -0.3 is 13.7 Å². The maximum Gasteiger partial charge on any atom is 0.339 e. The summed E-state index contributed by atoms with van der Waals surface area (Å²) in [5.74, 6) is 1.83. The van der Waals surface area contributed by atoms with Crippen LogP contribution in [0.1, 0.15) is 42.0 Å². The number of benzene rings is 1. The van der Waals surface area contributed by atoms with Gasteiger partial charge in [0, 0.05) is 23.1 Å². The second kappa shape index (κ2) is 5.51. The van der Waals surface area contributed by atoms with E-state index in [4.69, 9.17) is 13.7 Å². The fourth-order valence-electron chi connectivity index (χ4n) is 3.18. The van der Waals surface area contributed by atoms with Crippen LogP contribution in [0.3, 0.4) is 0 Å². The molecule has 2 aromatic heterocycles. The van der Waals surface area contributed by atoms with E-state index in [9.17, 15) is 4.79 Å². The highest BCUT2D eigenvalue weighted by molar-refractivity contribution is 5.91. The monoisotopic (exact) mass is 325 g/mol. The van der Waals surface area contributed by atoms with Crippen molar-refractivity contribution in [3.63, 3.8) is 0 Å². The lowest BCUT2D eigenvalue weighted by Crippen LogP contribution is -2.08. The van der Waals surface area contributed by atoms with Crippen LogP contribution in [0.2, 0.25) is 0 Å². The molecule has 0 radical (unpaired) electrons. The predicted molar refractivity (Wildman–Crippen MR) is 90.6 cm³/mol. The maximum absolute atomic E-state index is 12.0. The topological polar surface area (TPSA) is 65.5 Å². The Bertz CT molecular complexity index is 979. The van der Waals surface area contributed by atoms with Crippen molar-refractivity contribution in [2.45, 2.75) is 39.0 Å². The second-order valence-electron chi connectivity index (χ2n) is 6.44. The standard InChI is InChI=1S/C19H19NO4/c1-10-11(2)19(21)23-17-8-13(7-16(22-3)18(10)17)15-9-14(20-24-15)12-5-4-6-12/h7-9,12H,4-6H2,1-3H3. The van der Waals surface area contributed by atoms with Crippen molar-refractivity contribution >= 4 is 11.0 Å². The zero-order valence-electron chi connectivity index (χ0n) is 14.0. The van der Waals surface area contributed by atoms with Crippen molar-refractivity contribution in [3.05, 3.63) is 45.4 Å². The number of hydrogen-bond donors (Lipinski definition) is 0. The number of rotatable bonds is 3. The third-order valence-corrected chi connectivity index (χ3v) is 5.07. The molecule has 0 N–H and O–H groups in total. The maximum atomic E-state index is 12.0. The van der Waals surface area contributed by atoms with E-state index < -0.39 is 0 Å². The van der Waals surface area contributed by atoms with Gasteiger partial charge in [-0.1, -0.05) is 11.6 Å². The molecule has 1 fully saturated rings. The first kappa shape index (κ1) is 15.0. The summed E-state index contributed by atoms with van der Waals surface area (Å²) in [6, 6.07) is 5.69. The summed E-state index contributed by atoms with van der Waals surface area (Å²) < 4.78 is 16.5. The van der Waals surface area contributed by atoms with Crippen molar-refractivity contribution in [3.8, 4) is 17.1 Å². The van der Waals surface area contributed by atoms with Crippen molar-refractivity contribution in [2.24, 2.45) is 0 Å². The molecule has 5 heteroatoms. The van der Waals surface area contributed by atoms with Gasteiger partial charge in [-0.25, -0.2) is 4.79 Å². The lowest BCUT2D eigenvalue weighted by Gasteiger charge is -2.22. The van der Waals surface area contributed by atoms with E-state index in [1.165, 1.54) is 19.3 Å². The number of aryl methyl sites for hydroxylation is 1. The van der Waals surface area contributed by atoms with Crippen LogP contribution in [-0.2, 0) is 0 Å². The molecule has 3 aromatic rings. The summed E-state index contributed by atoms with van der Waals surface area (Å²) in [4.78, 5) is 12.0. The van der Waals surface area contributed by atoms with Gasteiger partial charge in [0.25, 0.3) is 0 Å². The molecule has 1 aromatic carbocycles. The second-order valence-corrected chi connectivity index (χ2v) is 6.44. The normalized spacial score (nSPS) is 14.8. The molecule has 1 saturated carbocycles. The molecule has 0 saturated heterocycles. The van der Waals surface area contributed by atoms with E-state index in [1.807, 2.05) is 25.1 Å². The smallest absolute Gasteiger partial charge is 0.339 e. The van der Waals surface area contributed by atoms with Crippen LogP contribution in [0.5, 0.6) is 5.75 Å². The highest BCUT2D eigenvalue weighted by Crippen LogP contribution is 2.39. The van der Waals surface area contributed by atoms with Crippen LogP contribution in [0, 0.1) is 13.8 Å². The van der Waals surface area contributed by atoms with Crippen molar-refractivity contribution in [1.82, 2.24) is 5.16 Å². The number of aromatic nitrogens is 1. The summed E-state index contributed by atoms with van der Waals surface area (Å²) >= 11 is 0. The first-order chi connectivity index (χ1) is 11.6. The summed E-state index contributed by atoms with van der Waals surface area (Å²) in [6.45, 7) is 3.66. The molecule has 0 bridgehead atoms. The lowest BCUT2D eigenvalue weighted by molar-refractivity contribution is 0.367. The van der Waals surface area contributed by atoms with E-state index in [-0.39, 0.29) is 5.63 Å². The van der Waals surface area contributed by atoms with Gasteiger partial charge in [0.15, 0.2) is 5.76 Å². The van der Waals surface area contributed by atoms with Gasteiger partial charge in [0.05, 0.1) is 18.2 Å². The minimum atomic E-state index is -0.327. The Morgan fingerprint density at radius 2 is 1.96 bits per heavy atom. The first-order valence-electron chi connectivity index (χ1n) is 8.17. The molecule has 5 nitrogen and oxygen atoms in total. The van der Waals surface area contributed by atoms with Gasteiger partial charge in [0.2, 0.25) is 0 Å². The Balaban J connectivity index is 1.89. The van der Waals surface area contributed by atoms with Crippen molar-refractivity contribution in [1.29, 1.82) is 0 Å². The fourth-order valence-corrected chi connectivity index (χ4v) is 3.18. The molecule has 0 atom stereocenters. The van der Waals surface area contributed by atoms with E-state index in [0.717, 1.165) is 22.2 Å². The zero-order valence-corrected chi connectivity index (χ0v) is 14.0. The highest BCUT2D eigenvalue weighted by Gasteiger charge is 2.24. The molecular formula is C19H19NO4. The Morgan fingerprint density at radius 3 is 2.62 bits per heavy atom. The zero-order chi connectivity index (χ0) is 16.8. The minimum absolute atomic E-state index is 0.327. The Kier molecular flexibility index (Phi) is 3.44. The molecule has 1 aliphatic carbocycles. The molecule has 4 rings (SSSR count).